The van der Waals surface area contributed by atoms with Gasteiger partial charge in [0.2, 0.25) is 0 Å². The molecule has 1 aliphatic heterocycles. The Bertz CT molecular complexity index is 1400. The zero-order valence-corrected chi connectivity index (χ0v) is 20.4. The first-order valence-corrected chi connectivity index (χ1v) is 13.4. The van der Waals surface area contributed by atoms with E-state index in [0.29, 0.717) is 16.7 Å². The molecule has 1 aliphatic rings. The third-order valence-electron chi connectivity index (χ3n) is 5.48. The second-order valence-corrected chi connectivity index (χ2v) is 12.1. The lowest BCUT2D eigenvalue weighted by molar-refractivity contribution is 0.627. The molecule has 1 aromatic heterocycles. The van der Waals surface area contributed by atoms with Crippen molar-refractivity contribution < 1.29 is 4.39 Å². The highest BCUT2D eigenvalue weighted by Gasteiger charge is 2.39. The van der Waals surface area contributed by atoms with E-state index >= 15 is 0 Å². The molecule has 0 fully saturated rings. The molecular formula is C24H20ClFN5PS. The van der Waals surface area contributed by atoms with Gasteiger partial charge in [-0.1, -0.05) is 29.8 Å². The summed E-state index contributed by atoms with van der Waals surface area (Å²) in [6.45, 7) is 1.95. The number of benzene rings is 3. The van der Waals surface area contributed by atoms with Crippen molar-refractivity contribution in [2.45, 2.75) is 6.92 Å². The van der Waals surface area contributed by atoms with E-state index in [2.05, 4.69) is 5.09 Å². The van der Waals surface area contributed by atoms with E-state index in [9.17, 15) is 4.39 Å². The second kappa shape index (κ2) is 8.41. The standard InChI is InChI=1S/C24H20ClFN5PS/c1-16-22-24(31(28-16)21-6-4-3-5-7-21)27-23(17-8-12-19(26)13-9-17)30(2)32(22,33)29-20-14-10-18(25)11-15-20/h3-15H,1-2H3,(H,29,33). The largest absolute Gasteiger partial charge is 0.338 e. The van der Waals surface area contributed by atoms with Crippen LogP contribution >= 0.6 is 17.9 Å². The fourth-order valence-electron chi connectivity index (χ4n) is 3.85. The molecule has 1 N–H and O–H groups in total. The fraction of sp³-hybridized carbons (Fsp3) is 0.0833. The third-order valence-corrected chi connectivity index (χ3v) is 10.0. The molecule has 0 bridgehead atoms. The van der Waals surface area contributed by atoms with Gasteiger partial charge in [0.25, 0.3) is 0 Å². The highest BCUT2D eigenvalue weighted by molar-refractivity contribution is 8.18. The summed E-state index contributed by atoms with van der Waals surface area (Å²) in [4.78, 5) is 5.00. The number of anilines is 1. The number of aliphatic imine (C=N–C) groups is 1. The lowest BCUT2D eigenvalue weighted by Gasteiger charge is -2.38. The van der Waals surface area contributed by atoms with E-state index in [1.165, 1.54) is 12.1 Å². The van der Waals surface area contributed by atoms with Crippen molar-refractivity contribution in [3.05, 3.63) is 101 Å². The molecular weight excluding hydrogens is 476 g/mol. The molecule has 0 saturated heterocycles. The van der Waals surface area contributed by atoms with Gasteiger partial charge >= 0.3 is 0 Å². The summed E-state index contributed by atoms with van der Waals surface area (Å²) in [5.74, 6) is 1.03. The Balaban J connectivity index is 1.74. The summed E-state index contributed by atoms with van der Waals surface area (Å²) < 4.78 is 17.5. The number of nitrogens with zero attached hydrogens (tertiary/aromatic N) is 4. The quantitative estimate of drug-likeness (QED) is 0.350. The van der Waals surface area contributed by atoms with Gasteiger partial charge in [-0.15, -0.1) is 0 Å². The molecule has 33 heavy (non-hydrogen) atoms. The topological polar surface area (TPSA) is 45.5 Å². The predicted molar refractivity (Wildman–Crippen MR) is 138 cm³/mol. The molecule has 0 spiro atoms. The van der Waals surface area contributed by atoms with E-state index in [4.69, 9.17) is 33.5 Å². The van der Waals surface area contributed by atoms with E-state index in [1.54, 1.807) is 12.1 Å². The normalized spacial score (nSPS) is 17.5. The number of rotatable bonds is 4. The molecule has 1 unspecified atom stereocenters. The monoisotopic (exact) mass is 495 g/mol. The zero-order chi connectivity index (χ0) is 23.2. The Morgan fingerprint density at radius 1 is 0.970 bits per heavy atom. The van der Waals surface area contributed by atoms with Gasteiger partial charge in [-0.2, -0.15) is 5.10 Å². The number of hydrogen-bond acceptors (Lipinski definition) is 3. The van der Waals surface area contributed by atoms with Gasteiger partial charge in [-0.05, 0) is 79.4 Å². The summed E-state index contributed by atoms with van der Waals surface area (Å²) in [5, 5.41) is 9.95. The number of para-hydroxylation sites is 1. The Morgan fingerprint density at radius 2 is 1.64 bits per heavy atom. The van der Waals surface area contributed by atoms with Crippen LogP contribution in [0, 0.1) is 12.7 Å². The van der Waals surface area contributed by atoms with Crippen molar-refractivity contribution in [3.8, 4) is 5.69 Å². The maximum Gasteiger partial charge on any atom is 0.170 e. The van der Waals surface area contributed by atoms with E-state index in [0.717, 1.165) is 27.9 Å². The van der Waals surface area contributed by atoms with E-state index in [-0.39, 0.29) is 5.82 Å². The number of hydrogen-bond donors (Lipinski definition) is 1. The van der Waals surface area contributed by atoms with Crippen LogP contribution in [0.15, 0.2) is 83.9 Å². The Kier molecular flexibility index (Phi) is 5.57. The molecule has 5 rings (SSSR count). The summed E-state index contributed by atoms with van der Waals surface area (Å²) >= 11 is 12.5. The Hall–Kier alpha value is -2.99. The fourth-order valence-corrected chi connectivity index (χ4v) is 7.55. The van der Waals surface area contributed by atoms with Crippen molar-refractivity contribution in [1.82, 2.24) is 14.5 Å². The molecule has 0 radical (unpaired) electrons. The van der Waals surface area contributed by atoms with Crippen LogP contribution in [-0.4, -0.2) is 27.3 Å². The van der Waals surface area contributed by atoms with Crippen LogP contribution in [0.5, 0.6) is 0 Å². The van der Waals surface area contributed by atoms with Gasteiger partial charge in [0.05, 0.1) is 16.7 Å². The van der Waals surface area contributed by atoms with Gasteiger partial charge < -0.3 is 9.76 Å². The first-order valence-electron chi connectivity index (χ1n) is 10.3. The van der Waals surface area contributed by atoms with Crippen LogP contribution in [0.1, 0.15) is 11.3 Å². The predicted octanol–water partition coefficient (Wildman–Crippen LogP) is 6.04. The minimum atomic E-state index is -2.64. The molecule has 1 atom stereocenters. The number of amidine groups is 1. The van der Waals surface area contributed by atoms with Crippen LogP contribution in [0.25, 0.3) is 5.69 Å². The highest BCUT2D eigenvalue weighted by Crippen LogP contribution is 2.54. The Morgan fingerprint density at radius 3 is 2.30 bits per heavy atom. The summed E-state index contributed by atoms with van der Waals surface area (Å²) in [6.07, 6.45) is -2.64. The van der Waals surface area contributed by atoms with Crippen LogP contribution < -0.4 is 10.4 Å². The first-order chi connectivity index (χ1) is 15.9. The average molecular weight is 496 g/mol. The van der Waals surface area contributed by atoms with Gasteiger partial charge in [0.15, 0.2) is 12.2 Å². The minimum absolute atomic E-state index is 0.303. The van der Waals surface area contributed by atoms with Gasteiger partial charge in [-0.25, -0.2) is 14.1 Å². The van der Waals surface area contributed by atoms with Gasteiger partial charge in [0, 0.05) is 23.3 Å². The van der Waals surface area contributed by atoms with Crippen molar-refractivity contribution in [3.63, 3.8) is 0 Å². The van der Waals surface area contributed by atoms with E-state index in [1.807, 2.05) is 77.9 Å². The summed E-state index contributed by atoms with van der Waals surface area (Å²) in [5.41, 5.74) is 3.33. The third kappa shape index (κ3) is 3.86. The maximum atomic E-state index is 13.6. The number of fused-ring (bicyclic) bond motifs is 1. The van der Waals surface area contributed by atoms with Crippen molar-refractivity contribution in [2.75, 3.05) is 12.1 Å². The maximum absolute atomic E-state index is 13.6. The highest BCUT2D eigenvalue weighted by atomic mass is 35.5. The molecule has 2 heterocycles. The smallest absolute Gasteiger partial charge is 0.170 e. The minimum Gasteiger partial charge on any atom is -0.338 e. The number of aryl methyl sites for hydroxylation is 1. The lowest BCUT2D eigenvalue weighted by atomic mass is 10.2. The van der Waals surface area contributed by atoms with Crippen molar-refractivity contribution in [2.24, 2.45) is 4.99 Å². The molecule has 5 nitrogen and oxygen atoms in total. The Labute approximate surface area is 201 Å². The molecule has 166 valence electrons. The molecule has 0 amide bonds. The second-order valence-electron chi connectivity index (χ2n) is 7.67. The molecule has 4 aromatic rings. The van der Waals surface area contributed by atoms with Crippen LogP contribution in [0.4, 0.5) is 15.9 Å². The van der Waals surface area contributed by atoms with Gasteiger partial charge in [-0.3, -0.25) is 0 Å². The molecule has 0 saturated carbocycles. The zero-order valence-electron chi connectivity index (χ0n) is 17.9. The molecule has 3 aromatic carbocycles. The van der Waals surface area contributed by atoms with Gasteiger partial charge in [0.1, 0.15) is 11.7 Å². The number of nitrogens with one attached hydrogen (secondary N) is 1. The molecule has 9 heteroatoms. The molecule has 0 aliphatic carbocycles. The van der Waals surface area contributed by atoms with Crippen LogP contribution in [-0.2, 0) is 11.8 Å². The number of halogens is 2. The van der Waals surface area contributed by atoms with Crippen molar-refractivity contribution in [1.29, 1.82) is 0 Å². The van der Waals surface area contributed by atoms with E-state index < -0.39 is 6.34 Å². The SMILES string of the molecule is Cc1nn(-c2ccccc2)c2c1P(=S)(Nc1ccc(Cl)cc1)N(C)C(c1ccc(F)cc1)=N2. The van der Waals surface area contributed by atoms with Crippen LogP contribution in [0.3, 0.4) is 0 Å². The average Bonchev–Trinajstić information content (AvgIpc) is 3.16. The lowest BCUT2D eigenvalue weighted by Crippen LogP contribution is -2.36. The van der Waals surface area contributed by atoms with Crippen molar-refractivity contribution >= 4 is 52.4 Å². The first kappa shape index (κ1) is 21.8. The number of aromatic nitrogens is 2. The van der Waals surface area contributed by atoms with Crippen LogP contribution in [0.2, 0.25) is 5.02 Å². The summed E-state index contributed by atoms with van der Waals surface area (Å²) in [7, 11) is 1.92. The summed E-state index contributed by atoms with van der Waals surface area (Å²) in [6, 6.07) is 23.6.